The molecule has 26 heavy (non-hydrogen) atoms. The van der Waals surface area contributed by atoms with Crippen LogP contribution in [0.25, 0.3) is 22.2 Å². The van der Waals surface area contributed by atoms with Crippen molar-refractivity contribution in [2.24, 2.45) is 0 Å². The second-order valence-electron chi connectivity index (χ2n) is 5.80. The number of nitrogens with one attached hydrogen (secondary N) is 1. The molecule has 2 aromatic heterocycles. The lowest BCUT2D eigenvalue weighted by atomic mass is 10.0. The van der Waals surface area contributed by atoms with Gasteiger partial charge in [-0.15, -0.1) is 0 Å². The van der Waals surface area contributed by atoms with Gasteiger partial charge in [-0.25, -0.2) is 13.4 Å². The van der Waals surface area contributed by atoms with Crippen LogP contribution in [0.3, 0.4) is 0 Å². The van der Waals surface area contributed by atoms with Gasteiger partial charge in [-0.05, 0) is 24.3 Å². The summed E-state index contributed by atoms with van der Waals surface area (Å²) in [4.78, 5) is 21.3. The third-order valence-electron chi connectivity index (χ3n) is 4.08. The van der Waals surface area contributed by atoms with Crippen LogP contribution in [0.2, 0.25) is 0 Å². The molecule has 1 amide bonds. The molecule has 1 aromatic carbocycles. The van der Waals surface area contributed by atoms with Crippen molar-refractivity contribution in [1.29, 1.82) is 0 Å². The molecule has 0 radical (unpaired) electrons. The number of aromatic nitrogens is 2. The molecule has 1 N–H and O–H groups in total. The van der Waals surface area contributed by atoms with Gasteiger partial charge >= 0.3 is 0 Å². The summed E-state index contributed by atoms with van der Waals surface area (Å²) >= 11 is 0. The molecule has 0 atom stereocenters. The van der Waals surface area contributed by atoms with E-state index < -0.39 is 9.84 Å². The average molecular weight is 369 g/mol. The van der Waals surface area contributed by atoms with E-state index in [0.717, 1.165) is 10.9 Å². The average Bonchev–Trinajstić information content (AvgIpc) is 2.67. The lowest BCUT2D eigenvalue weighted by Gasteiger charge is -2.10. The van der Waals surface area contributed by atoms with Crippen molar-refractivity contribution in [3.63, 3.8) is 0 Å². The van der Waals surface area contributed by atoms with Crippen LogP contribution >= 0.6 is 0 Å². The minimum absolute atomic E-state index is 0.0627. The van der Waals surface area contributed by atoms with Crippen molar-refractivity contribution in [3.05, 3.63) is 60.4 Å². The maximum atomic E-state index is 12.7. The number of benzene rings is 1. The Morgan fingerprint density at radius 2 is 1.85 bits per heavy atom. The van der Waals surface area contributed by atoms with Gasteiger partial charge in [0.15, 0.2) is 9.84 Å². The summed E-state index contributed by atoms with van der Waals surface area (Å²) in [6.07, 6.45) is 3.34. The highest BCUT2D eigenvalue weighted by atomic mass is 32.2. The van der Waals surface area contributed by atoms with Crippen molar-refractivity contribution < 1.29 is 13.2 Å². The zero-order chi connectivity index (χ0) is 18.6. The molecule has 0 fully saturated rings. The van der Waals surface area contributed by atoms with Gasteiger partial charge in [-0.1, -0.05) is 25.1 Å². The SMILES string of the molecule is CCS(=O)(=O)CCNC(=O)c1cc(-c2ccncc2)nc2ccccc12. The van der Waals surface area contributed by atoms with E-state index in [0.29, 0.717) is 16.8 Å². The predicted octanol–water partition coefficient (Wildman–Crippen LogP) is 2.46. The largest absolute Gasteiger partial charge is 0.351 e. The second kappa shape index (κ2) is 7.61. The number of nitrogens with zero attached hydrogens (tertiary/aromatic N) is 2. The Morgan fingerprint density at radius 3 is 2.58 bits per heavy atom. The van der Waals surface area contributed by atoms with Crippen molar-refractivity contribution in [1.82, 2.24) is 15.3 Å². The molecule has 6 nitrogen and oxygen atoms in total. The smallest absolute Gasteiger partial charge is 0.252 e. The highest BCUT2D eigenvalue weighted by molar-refractivity contribution is 7.91. The molecule has 0 aliphatic carbocycles. The van der Waals surface area contributed by atoms with Crippen molar-refractivity contribution in [2.45, 2.75) is 6.92 Å². The fraction of sp³-hybridized carbons (Fsp3) is 0.211. The quantitative estimate of drug-likeness (QED) is 0.721. The number of hydrogen-bond acceptors (Lipinski definition) is 5. The summed E-state index contributed by atoms with van der Waals surface area (Å²) in [5.41, 5.74) is 2.69. The molecular weight excluding hydrogens is 350 g/mol. The van der Waals surface area contributed by atoms with Crippen LogP contribution in [0.1, 0.15) is 17.3 Å². The summed E-state index contributed by atoms with van der Waals surface area (Å²) < 4.78 is 23.2. The van der Waals surface area contributed by atoms with Crippen LogP contribution in [-0.2, 0) is 9.84 Å². The Morgan fingerprint density at radius 1 is 1.12 bits per heavy atom. The van der Waals surface area contributed by atoms with Crippen LogP contribution in [-0.4, -0.2) is 42.3 Å². The van der Waals surface area contributed by atoms with Gasteiger partial charge in [0.1, 0.15) is 0 Å². The summed E-state index contributed by atoms with van der Waals surface area (Å²) in [6, 6.07) is 12.8. The van der Waals surface area contributed by atoms with Gasteiger partial charge in [-0.3, -0.25) is 9.78 Å². The van der Waals surface area contributed by atoms with E-state index in [1.807, 2.05) is 36.4 Å². The molecule has 0 saturated heterocycles. The molecule has 0 unspecified atom stereocenters. The zero-order valence-corrected chi connectivity index (χ0v) is 15.2. The first-order valence-electron chi connectivity index (χ1n) is 8.29. The summed E-state index contributed by atoms with van der Waals surface area (Å²) in [5, 5.41) is 3.43. The first kappa shape index (κ1) is 18.0. The number of hydrogen-bond donors (Lipinski definition) is 1. The van der Waals surface area contributed by atoms with E-state index in [2.05, 4.69) is 15.3 Å². The van der Waals surface area contributed by atoms with E-state index in [-0.39, 0.29) is 24.0 Å². The van der Waals surface area contributed by atoms with E-state index in [1.165, 1.54) is 0 Å². The zero-order valence-electron chi connectivity index (χ0n) is 14.3. The minimum atomic E-state index is -3.13. The lowest BCUT2D eigenvalue weighted by Crippen LogP contribution is -2.29. The highest BCUT2D eigenvalue weighted by Crippen LogP contribution is 2.24. The van der Waals surface area contributed by atoms with Crippen LogP contribution in [0.5, 0.6) is 0 Å². The molecule has 0 bridgehead atoms. The molecule has 7 heteroatoms. The molecule has 0 aliphatic heterocycles. The number of carbonyl (C=O) groups is 1. The van der Waals surface area contributed by atoms with Gasteiger partial charge in [0.2, 0.25) is 0 Å². The van der Waals surface area contributed by atoms with Crippen LogP contribution in [0.15, 0.2) is 54.9 Å². The Kier molecular flexibility index (Phi) is 5.27. The molecule has 0 saturated carbocycles. The predicted molar refractivity (Wildman–Crippen MR) is 102 cm³/mol. The minimum Gasteiger partial charge on any atom is -0.351 e. The number of fused-ring (bicyclic) bond motifs is 1. The molecular formula is C19H19N3O3S. The first-order chi connectivity index (χ1) is 12.5. The maximum Gasteiger partial charge on any atom is 0.252 e. The van der Waals surface area contributed by atoms with Crippen molar-refractivity contribution in [3.8, 4) is 11.3 Å². The van der Waals surface area contributed by atoms with Crippen molar-refractivity contribution >= 4 is 26.6 Å². The van der Waals surface area contributed by atoms with Gasteiger partial charge in [0.05, 0.1) is 22.5 Å². The standard InChI is InChI=1S/C19H19N3O3S/c1-2-26(24,25)12-11-21-19(23)16-13-18(14-7-9-20-10-8-14)22-17-6-4-3-5-15(16)17/h3-10,13H,2,11-12H2,1H3,(H,21,23). The van der Waals surface area contributed by atoms with Crippen molar-refractivity contribution in [2.75, 3.05) is 18.1 Å². The maximum absolute atomic E-state index is 12.7. The Balaban J connectivity index is 1.95. The number of carbonyl (C=O) groups excluding carboxylic acids is 1. The van der Waals surface area contributed by atoms with Crippen LogP contribution < -0.4 is 5.32 Å². The van der Waals surface area contributed by atoms with E-state index >= 15 is 0 Å². The van der Waals surface area contributed by atoms with Crippen LogP contribution in [0.4, 0.5) is 0 Å². The highest BCUT2D eigenvalue weighted by Gasteiger charge is 2.15. The van der Waals surface area contributed by atoms with Gasteiger partial charge in [0, 0.05) is 35.6 Å². The third-order valence-corrected chi connectivity index (χ3v) is 5.78. The number of sulfone groups is 1. The lowest BCUT2D eigenvalue weighted by molar-refractivity contribution is 0.0957. The van der Waals surface area contributed by atoms with E-state index in [1.54, 1.807) is 25.4 Å². The first-order valence-corrected chi connectivity index (χ1v) is 10.1. The third kappa shape index (κ3) is 4.05. The number of rotatable bonds is 6. The molecule has 134 valence electrons. The number of amides is 1. The van der Waals surface area contributed by atoms with E-state index in [4.69, 9.17) is 0 Å². The molecule has 0 aliphatic rings. The number of para-hydroxylation sites is 1. The fourth-order valence-corrected chi connectivity index (χ4v) is 3.30. The summed E-state index contributed by atoms with van der Waals surface area (Å²) in [6.45, 7) is 1.67. The monoisotopic (exact) mass is 369 g/mol. The van der Waals surface area contributed by atoms with Gasteiger partial charge < -0.3 is 5.32 Å². The summed E-state index contributed by atoms with van der Waals surface area (Å²) in [5.74, 6) is -0.326. The molecule has 2 heterocycles. The van der Waals surface area contributed by atoms with Crippen LogP contribution in [0, 0.1) is 0 Å². The topological polar surface area (TPSA) is 89.0 Å². The molecule has 0 spiro atoms. The van der Waals surface area contributed by atoms with Gasteiger partial charge in [0.25, 0.3) is 5.91 Å². The molecule has 3 aromatic rings. The second-order valence-corrected chi connectivity index (χ2v) is 8.27. The Labute approximate surface area is 152 Å². The number of pyridine rings is 2. The fourth-order valence-electron chi connectivity index (χ4n) is 2.59. The normalized spacial score (nSPS) is 11.4. The van der Waals surface area contributed by atoms with E-state index in [9.17, 15) is 13.2 Å². The molecule has 3 rings (SSSR count). The Hall–Kier alpha value is -2.80. The Bertz CT molecular complexity index is 1030. The van der Waals surface area contributed by atoms with Gasteiger partial charge in [-0.2, -0.15) is 0 Å². The summed E-state index contributed by atoms with van der Waals surface area (Å²) in [7, 11) is -3.13.